The van der Waals surface area contributed by atoms with Crippen molar-refractivity contribution in [3.8, 4) is 33.8 Å². The van der Waals surface area contributed by atoms with E-state index in [9.17, 15) is 0 Å². The van der Waals surface area contributed by atoms with Crippen LogP contribution in [0.4, 0.5) is 0 Å². The van der Waals surface area contributed by atoms with Crippen molar-refractivity contribution < 1.29 is 9.47 Å². The van der Waals surface area contributed by atoms with Gasteiger partial charge in [-0.15, -0.1) is 0 Å². The van der Waals surface area contributed by atoms with Crippen molar-refractivity contribution >= 4 is 0 Å². The Kier molecular flexibility index (Phi) is 4.10. The first-order valence-corrected chi connectivity index (χ1v) is 7.11. The van der Waals surface area contributed by atoms with Crippen LogP contribution in [0, 0.1) is 6.07 Å². The third kappa shape index (κ3) is 2.82. The molecule has 0 fully saturated rings. The average Bonchev–Trinajstić information content (AvgIpc) is 2.62. The van der Waals surface area contributed by atoms with Crippen LogP contribution in [0.15, 0.2) is 66.7 Å². The smallest absolute Gasteiger partial charge is 0.127 e. The van der Waals surface area contributed by atoms with Crippen molar-refractivity contribution in [3.05, 3.63) is 72.8 Å². The van der Waals surface area contributed by atoms with Crippen molar-refractivity contribution in [2.24, 2.45) is 0 Å². The fraction of sp³-hybridized carbons (Fsp3) is 0.100. The van der Waals surface area contributed by atoms with E-state index in [1.165, 1.54) is 0 Å². The van der Waals surface area contributed by atoms with Gasteiger partial charge in [0.25, 0.3) is 0 Å². The van der Waals surface area contributed by atoms with Gasteiger partial charge in [0, 0.05) is 11.6 Å². The Morgan fingerprint density at radius 1 is 0.727 bits per heavy atom. The van der Waals surface area contributed by atoms with Gasteiger partial charge in [0.05, 0.1) is 14.2 Å². The lowest BCUT2D eigenvalue weighted by Crippen LogP contribution is -1.90. The second kappa shape index (κ2) is 6.35. The van der Waals surface area contributed by atoms with Crippen molar-refractivity contribution in [1.82, 2.24) is 0 Å². The van der Waals surface area contributed by atoms with Gasteiger partial charge in [0.2, 0.25) is 0 Å². The van der Waals surface area contributed by atoms with Gasteiger partial charge in [-0.05, 0) is 34.9 Å². The van der Waals surface area contributed by atoms with Gasteiger partial charge in [0.15, 0.2) is 0 Å². The van der Waals surface area contributed by atoms with Crippen molar-refractivity contribution in [1.29, 1.82) is 0 Å². The molecular weight excluding hydrogens is 272 g/mol. The summed E-state index contributed by atoms with van der Waals surface area (Å²) in [5.74, 6) is 1.58. The maximum atomic E-state index is 5.58. The maximum absolute atomic E-state index is 5.58. The number of hydrogen-bond donors (Lipinski definition) is 0. The minimum atomic E-state index is 0.726. The molecule has 0 amide bonds. The molecule has 0 aliphatic carbocycles. The zero-order valence-corrected chi connectivity index (χ0v) is 12.7. The molecule has 2 heteroatoms. The topological polar surface area (TPSA) is 18.5 Å². The summed E-state index contributed by atoms with van der Waals surface area (Å²) in [4.78, 5) is 0. The first-order chi connectivity index (χ1) is 10.8. The van der Waals surface area contributed by atoms with Crippen LogP contribution in [0.3, 0.4) is 0 Å². The van der Waals surface area contributed by atoms with Gasteiger partial charge in [-0.2, -0.15) is 0 Å². The lowest BCUT2D eigenvalue weighted by Gasteiger charge is -2.11. The van der Waals surface area contributed by atoms with Gasteiger partial charge in [-0.1, -0.05) is 48.5 Å². The lowest BCUT2D eigenvalue weighted by atomic mass is 9.99. The van der Waals surface area contributed by atoms with Crippen LogP contribution in [-0.2, 0) is 0 Å². The Balaban J connectivity index is 2.05. The molecule has 3 aromatic carbocycles. The second-order valence-electron chi connectivity index (χ2n) is 4.93. The van der Waals surface area contributed by atoms with Crippen molar-refractivity contribution in [3.63, 3.8) is 0 Å². The van der Waals surface area contributed by atoms with E-state index >= 15 is 0 Å². The molecule has 0 saturated carbocycles. The highest BCUT2D eigenvalue weighted by molar-refractivity contribution is 5.76. The highest BCUT2D eigenvalue weighted by Crippen LogP contribution is 2.34. The van der Waals surface area contributed by atoms with E-state index < -0.39 is 0 Å². The number of methoxy groups -OCH3 is 2. The molecule has 0 N–H and O–H groups in total. The van der Waals surface area contributed by atoms with E-state index in [0.717, 1.165) is 33.8 Å². The average molecular weight is 289 g/mol. The Bertz CT molecular complexity index is 764. The van der Waals surface area contributed by atoms with E-state index in [1.807, 2.05) is 36.4 Å². The van der Waals surface area contributed by atoms with Gasteiger partial charge in [-0.25, -0.2) is 0 Å². The molecular formula is C20H17O2. The van der Waals surface area contributed by atoms with Gasteiger partial charge in [0.1, 0.15) is 11.5 Å². The summed E-state index contributed by atoms with van der Waals surface area (Å²) >= 11 is 0. The molecule has 0 spiro atoms. The van der Waals surface area contributed by atoms with Crippen LogP contribution in [0.25, 0.3) is 22.3 Å². The minimum absolute atomic E-state index is 0.726. The molecule has 0 aliphatic heterocycles. The molecule has 0 aliphatic rings. The monoisotopic (exact) mass is 289 g/mol. The van der Waals surface area contributed by atoms with Crippen LogP contribution in [0.5, 0.6) is 11.5 Å². The summed E-state index contributed by atoms with van der Waals surface area (Å²) in [5.41, 5.74) is 4.39. The quantitative estimate of drug-likeness (QED) is 0.684. The van der Waals surface area contributed by atoms with E-state index in [1.54, 1.807) is 14.2 Å². The third-order valence-corrected chi connectivity index (χ3v) is 3.61. The highest BCUT2D eigenvalue weighted by atomic mass is 16.5. The molecule has 22 heavy (non-hydrogen) atoms. The molecule has 3 aromatic rings. The maximum Gasteiger partial charge on any atom is 0.127 e. The molecule has 109 valence electrons. The van der Waals surface area contributed by atoms with E-state index in [2.05, 4.69) is 36.4 Å². The lowest BCUT2D eigenvalue weighted by molar-refractivity contribution is 0.414. The van der Waals surface area contributed by atoms with Crippen LogP contribution in [0.1, 0.15) is 0 Å². The van der Waals surface area contributed by atoms with Crippen LogP contribution >= 0.6 is 0 Å². The van der Waals surface area contributed by atoms with Gasteiger partial charge >= 0.3 is 0 Å². The molecule has 0 unspecified atom stereocenters. The summed E-state index contributed by atoms with van der Waals surface area (Å²) in [6, 6.07) is 25.4. The summed E-state index contributed by atoms with van der Waals surface area (Å²) in [5, 5.41) is 0. The number of hydrogen-bond acceptors (Lipinski definition) is 2. The SMILES string of the molecule is COc1[c]ccc(-c2ccc(-c3ccccc3)c(OC)c2)c1. The Morgan fingerprint density at radius 2 is 1.50 bits per heavy atom. The van der Waals surface area contributed by atoms with E-state index in [0.29, 0.717) is 0 Å². The Morgan fingerprint density at radius 3 is 2.23 bits per heavy atom. The summed E-state index contributed by atoms with van der Waals surface area (Å²) in [6.45, 7) is 0. The first-order valence-electron chi connectivity index (χ1n) is 7.11. The fourth-order valence-corrected chi connectivity index (χ4v) is 2.47. The molecule has 0 heterocycles. The number of benzene rings is 3. The Labute approximate surface area is 131 Å². The highest BCUT2D eigenvalue weighted by Gasteiger charge is 2.08. The summed E-state index contributed by atoms with van der Waals surface area (Å²) in [7, 11) is 3.35. The fourth-order valence-electron chi connectivity index (χ4n) is 2.47. The van der Waals surface area contributed by atoms with Crippen LogP contribution < -0.4 is 9.47 Å². The van der Waals surface area contributed by atoms with Crippen molar-refractivity contribution in [2.45, 2.75) is 0 Å². The molecule has 2 nitrogen and oxygen atoms in total. The molecule has 1 radical (unpaired) electrons. The molecule has 0 saturated heterocycles. The number of rotatable bonds is 4. The predicted octanol–water partition coefficient (Wildman–Crippen LogP) is 4.84. The first kappa shape index (κ1) is 14.2. The van der Waals surface area contributed by atoms with Crippen molar-refractivity contribution in [2.75, 3.05) is 14.2 Å². The molecule has 0 atom stereocenters. The minimum Gasteiger partial charge on any atom is -0.496 e. The Hall–Kier alpha value is -2.74. The van der Waals surface area contributed by atoms with E-state index in [4.69, 9.17) is 9.47 Å². The summed E-state index contributed by atoms with van der Waals surface area (Å²) in [6.07, 6.45) is 0. The third-order valence-electron chi connectivity index (χ3n) is 3.61. The molecule has 0 aromatic heterocycles. The van der Waals surface area contributed by atoms with Crippen LogP contribution in [0.2, 0.25) is 0 Å². The predicted molar refractivity (Wildman–Crippen MR) is 89.3 cm³/mol. The van der Waals surface area contributed by atoms with Gasteiger partial charge < -0.3 is 9.47 Å². The zero-order valence-electron chi connectivity index (χ0n) is 12.7. The number of ether oxygens (including phenoxy) is 2. The second-order valence-corrected chi connectivity index (χ2v) is 4.93. The molecule has 0 bridgehead atoms. The normalized spacial score (nSPS) is 10.3. The largest absolute Gasteiger partial charge is 0.496 e. The summed E-state index contributed by atoms with van der Waals surface area (Å²) < 4.78 is 10.8. The van der Waals surface area contributed by atoms with Gasteiger partial charge in [-0.3, -0.25) is 0 Å². The standard InChI is InChI=1S/C20H17O2/c1-21-18-10-6-9-16(13-18)17-11-12-19(20(14-17)22-2)15-7-4-3-5-8-15/h3-9,11-14H,1-2H3. The molecule has 3 rings (SSSR count). The van der Waals surface area contributed by atoms with Crippen LogP contribution in [-0.4, -0.2) is 14.2 Å². The van der Waals surface area contributed by atoms with E-state index in [-0.39, 0.29) is 0 Å². The zero-order chi connectivity index (χ0) is 15.4.